The summed E-state index contributed by atoms with van der Waals surface area (Å²) >= 11 is 8.97. The fraction of sp³-hybridized carbons (Fsp3) is 0.231. The lowest BCUT2D eigenvalue weighted by molar-refractivity contribution is 0.424. The van der Waals surface area contributed by atoms with Crippen LogP contribution in [-0.2, 0) is 6.42 Å². The zero-order chi connectivity index (χ0) is 13.8. The molecule has 0 N–H and O–H groups in total. The molecule has 0 aliphatic rings. The van der Waals surface area contributed by atoms with Crippen molar-refractivity contribution in [2.24, 2.45) is 0 Å². The lowest BCUT2D eigenvalue weighted by Crippen LogP contribution is -1.98. The number of hydrogen-bond acceptors (Lipinski definition) is 3. The first-order valence-corrected chi connectivity index (χ1v) is 6.92. The van der Waals surface area contributed by atoms with Crippen molar-refractivity contribution in [3.05, 3.63) is 45.5 Å². The lowest BCUT2D eigenvalue weighted by atomic mass is 10.3. The van der Waals surface area contributed by atoms with Gasteiger partial charge in [-0.2, -0.15) is 4.98 Å². The summed E-state index contributed by atoms with van der Waals surface area (Å²) in [5.74, 6) is 0.372. The molecule has 1 aromatic carbocycles. The van der Waals surface area contributed by atoms with Crippen molar-refractivity contribution in [3.63, 3.8) is 0 Å². The molecule has 0 atom stereocenters. The van der Waals surface area contributed by atoms with E-state index in [0.29, 0.717) is 10.4 Å². The Bertz CT molecular complexity index is 595. The summed E-state index contributed by atoms with van der Waals surface area (Å²) in [6.07, 6.45) is 1.65. The van der Waals surface area contributed by atoms with Crippen LogP contribution in [0.1, 0.15) is 19.2 Å². The molecule has 0 amide bonds. The van der Waals surface area contributed by atoms with E-state index in [1.54, 1.807) is 12.1 Å². The van der Waals surface area contributed by atoms with Crippen LogP contribution < -0.4 is 4.74 Å². The van der Waals surface area contributed by atoms with Crippen LogP contribution in [0.5, 0.6) is 11.6 Å². The van der Waals surface area contributed by atoms with E-state index in [1.165, 1.54) is 12.1 Å². The Morgan fingerprint density at radius 1 is 1.37 bits per heavy atom. The quantitative estimate of drug-likeness (QED) is 0.748. The van der Waals surface area contributed by atoms with Gasteiger partial charge in [-0.25, -0.2) is 9.37 Å². The van der Waals surface area contributed by atoms with Gasteiger partial charge < -0.3 is 4.74 Å². The normalized spacial score (nSPS) is 10.5. The highest BCUT2D eigenvalue weighted by molar-refractivity contribution is 9.10. The van der Waals surface area contributed by atoms with Gasteiger partial charge in [-0.3, -0.25) is 0 Å². The van der Waals surface area contributed by atoms with Gasteiger partial charge in [-0.1, -0.05) is 24.6 Å². The summed E-state index contributed by atoms with van der Waals surface area (Å²) in [7, 11) is 0. The lowest BCUT2D eigenvalue weighted by Gasteiger charge is -2.08. The topological polar surface area (TPSA) is 35.0 Å². The van der Waals surface area contributed by atoms with Crippen LogP contribution in [0.2, 0.25) is 5.02 Å². The molecule has 0 aliphatic carbocycles. The average Bonchev–Trinajstić information content (AvgIpc) is 2.35. The molecule has 0 radical (unpaired) electrons. The van der Waals surface area contributed by atoms with Gasteiger partial charge in [0.1, 0.15) is 10.4 Å². The molecule has 0 saturated heterocycles. The third-order valence-electron chi connectivity index (χ3n) is 2.32. The minimum atomic E-state index is -0.601. The Kier molecular flexibility index (Phi) is 4.71. The van der Waals surface area contributed by atoms with Gasteiger partial charge in [-0.05, 0) is 34.5 Å². The Morgan fingerprint density at radius 2 is 2.16 bits per heavy atom. The molecule has 0 aliphatic heterocycles. The third-order valence-corrected chi connectivity index (χ3v) is 3.02. The van der Waals surface area contributed by atoms with Crippen molar-refractivity contribution >= 4 is 27.5 Å². The molecule has 0 unspecified atom stereocenters. The van der Waals surface area contributed by atoms with Gasteiger partial charge in [-0.15, -0.1) is 0 Å². The summed E-state index contributed by atoms with van der Waals surface area (Å²) in [5.41, 5.74) is 0. The van der Waals surface area contributed by atoms with Crippen LogP contribution in [0.25, 0.3) is 0 Å². The fourth-order valence-electron chi connectivity index (χ4n) is 1.51. The van der Waals surface area contributed by atoms with Crippen LogP contribution in [-0.4, -0.2) is 9.97 Å². The first-order valence-electron chi connectivity index (χ1n) is 5.75. The summed E-state index contributed by atoms with van der Waals surface area (Å²) < 4.78 is 19.7. The Morgan fingerprint density at radius 3 is 2.89 bits per heavy atom. The summed E-state index contributed by atoms with van der Waals surface area (Å²) in [5, 5.41) is 0.0133. The SMILES string of the molecule is CCCc1nc(Br)cc(Oc2cccc(Cl)c2F)n1. The minimum Gasteiger partial charge on any atom is -0.436 e. The summed E-state index contributed by atoms with van der Waals surface area (Å²) in [6, 6.07) is 6.16. The fourth-order valence-corrected chi connectivity index (χ4v) is 2.07. The highest BCUT2D eigenvalue weighted by Crippen LogP contribution is 2.28. The van der Waals surface area contributed by atoms with E-state index in [9.17, 15) is 4.39 Å². The van der Waals surface area contributed by atoms with Crippen LogP contribution in [0.15, 0.2) is 28.9 Å². The molecule has 0 saturated carbocycles. The molecule has 2 rings (SSSR count). The maximum atomic E-state index is 13.7. The van der Waals surface area contributed by atoms with E-state index in [1.807, 2.05) is 6.92 Å². The minimum absolute atomic E-state index is 0.0133. The van der Waals surface area contributed by atoms with Gasteiger partial charge in [0.15, 0.2) is 11.6 Å². The van der Waals surface area contributed by atoms with Crippen molar-refractivity contribution in [2.75, 3.05) is 0 Å². The van der Waals surface area contributed by atoms with Gasteiger partial charge in [0.25, 0.3) is 0 Å². The number of ether oxygens (including phenoxy) is 1. The van der Waals surface area contributed by atoms with Crippen LogP contribution in [0.4, 0.5) is 4.39 Å². The molecule has 0 bridgehead atoms. The Labute approximate surface area is 123 Å². The number of benzene rings is 1. The molecule has 6 heteroatoms. The van der Waals surface area contributed by atoms with Gasteiger partial charge >= 0.3 is 0 Å². The second kappa shape index (κ2) is 6.30. The summed E-state index contributed by atoms with van der Waals surface area (Å²) in [6.45, 7) is 2.03. The van der Waals surface area contributed by atoms with Crippen LogP contribution in [0.3, 0.4) is 0 Å². The van der Waals surface area contributed by atoms with E-state index in [-0.39, 0.29) is 16.7 Å². The molecule has 1 heterocycles. The smallest absolute Gasteiger partial charge is 0.223 e. The molecular formula is C13H11BrClFN2O. The molecule has 100 valence electrons. The molecule has 19 heavy (non-hydrogen) atoms. The van der Waals surface area contributed by atoms with Crippen molar-refractivity contribution in [1.29, 1.82) is 0 Å². The molecule has 2 aromatic rings. The van der Waals surface area contributed by atoms with Crippen molar-refractivity contribution in [1.82, 2.24) is 9.97 Å². The van der Waals surface area contributed by atoms with E-state index in [2.05, 4.69) is 25.9 Å². The first-order chi connectivity index (χ1) is 9.10. The molecular weight excluding hydrogens is 335 g/mol. The first kappa shape index (κ1) is 14.2. The number of rotatable bonds is 4. The molecule has 0 fully saturated rings. The average molecular weight is 346 g/mol. The highest BCUT2D eigenvalue weighted by Gasteiger charge is 2.10. The molecule has 0 spiro atoms. The largest absolute Gasteiger partial charge is 0.436 e. The number of aromatic nitrogens is 2. The zero-order valence-corrected chi connectivity index (χ0v) is 12.5. The predicted molar refractivity (Wildman–Crippen MR) is 75.2 cm³/mol. The second-order valence-corrected chi connectivity index (χ2v) is 5.07. The van der Waals surface area contributed by atoms with Crippen LogP contribution in [0, 0.1) is 5.82 Å². The van der Waals surface area contributed by atoms with E-state index >= 15 is 0 Å². The monoisotopic (exact) mass is 344 g/mol. The third kappa shape index (κ3) is 3.64. The van der Waals surface area contributed by atoms with Gasteiger partial charge in [0.2, 0.25) is 5.88 Å². The van der Waals surface area contributed by atoms with Crippen molar-refractivity contribution in [3.8, 4) is 11.6 Å². The van der Waals surface area contributed by atoms with Gasteiger partial charge in [0.05, 0.1) is 5.02 Å². The van der Waals surface area contributed by atoms with Crippen molar-refractivity contribution < 1.29 is 9.13 Å². The standard InChI is InChI=1S/C13H11BrClFN2O/c1-2-4-11-17-10(14)7-12(18-11)19-9-6-3-5-8(15)13(9)16/h3,5-7H,2,4H2,1H3. The van der Waals surface area contributed by atoms with E-state index in [0.717, 1.165) is 12.8 Å². The number of nitrogens with zero attached hydrogens (tertiary/aromatic N) is 2. The van der Waals surface area contributed by atoms with Gasteiger partial charge in [0, 0.05) is 12.5 Å². The van der Waals surface area contributed by atoms with E-state index in [4.69, 9.17) is 16.3 Å². The predicted octanol–water partition coefficient (Wildman–Crippen LogP) is 4.78. The van der Waals surface area contributed by atoms with Crippen molar-refractivity contribution in [2.45, 2.75) is 19.8 Å². The Hall–Kier alpha value is -1.20. The number of halogens is 3. The summed E-state index contributed by atoms with van der Waals surface area (Å²) in [4.78, 5) is 8.43. The molecule has 3 nitrogen and oxygen atoms in total. The van der Waals surface area contributed by atoms with Crippen LogP contribution >= 0.6 is 27.5 Å². The molecule has 1 aromatic heterocycles. The maximum absolute atomic E-state index is 13.7. The van der Waals surface area contributed by atoms with E-state index < -0.39 is 5.82 Å². The zero-order valence-electron chi connectivity index (χ0n) is 10.2. The highest BCUT2D eigenvalue weighted by atomic mass is 79.9. The number of aryl methyl sites for hydroxylation is 1. The number of hydrogen-bond donors (Lipinski definition) is 0. The second-order valence-electron chi connectivity index (χ2n) is 3.85. The Balaban J connectivity index is 2.30. The maximum Gasteiger partial charge on any atom is 0.223 e.